The minimum absolute atomic E-state index is 0.0677. The number of hydrogen-bond donors (Lipinski definition) is 0. The summed E-state index contributed by atoms with van der Waals surface area (Å²) in [5.74, 6) is 3.69. The predicted molar refractivity (Wildman–Crippen MR) is 171 cm³/mol. The van der Waals surface area contributed by atoms with Crippen LogP contribution in [0.25, 0.3) is 0 Å². The molecule has 2 aliphatic rings. The van der Waals surface area contributed by atoms with E-state index in [1.807, 2.05) is 0 Å². The molecule has 144 valence electrons. The van der Waals surface area contributed by atoms with Crippen molar-refractivity contribution in [1.29, 1.82) is 0 Å². The smallest absolute Gasteiger partial charge is 0.259 e. The van der Waals surface area contributed by atoms with Crippen molar-refractivity contribution < 1.29 is 9.47 Å². The van der Waals surface area contributed by atoms with E-state index < -0.39 is 0 Å². The van der Waals surface area contributed by atoms with Crippen molar-refractivity contribution in [2.75, 3.05) is 0 Å². The first-order valence-corrected chi connectivity index (χ1v) is 11.7. The molecule has 14 heteroatoms. The Hall–Kier alpha value is -1.74. The molecule has 2 aliphatic heterocycles. The third-order valence-corrected chi connectivity index (χ3v) is 9.02. The van der Waals surface area contributed by atoms with Gasteiger partial charge in [0.05, 0.1) is 0 Å². The molecule has 0 atom stereocenters. The van der Waals surface area contributed by atoms with E-state index in [-0.39, 0.29) is 6.71 Å². The second-order valence-electron chi connectivity index (χ2n) is 9.76. The van der Waals surface area contributed by atoms with Crippen LogP contribution in [0.1, 0.15) is 0 Å². The van der Waals surface area contributed by atoms with Crippen molar-refractivity contribution >= 4 is 168 Å². The average molecular weight is 423 g/mol. The number of fused-ring (bicyclic) bond motifs is 4. The van der Waals surface area contributed by atoms with Crippen LogP contribution in [0.4, 0.5) is 0 Å². The molecule has 0 aliphatic carbocycles. The third-order valence-electron chi connectivity index (χ3n) is 8.46. The van der Waals surface area contributed by atoms with Crippen LogP contribution in [0, 0.1) is 0 Å². The van der Waals surface area contributed by atoms with Crippen LogP contribution < -0.4 is 80.5 Å². The lowest BCUT2D eigenvalue weighted by atomic mass is 9.30. The van der Waals surface area contributed by atoms with E-state index in [0.29, 0.717) is 0 Å². The second kappa shape index (κ2) is 7.13. The Bertz CT molecular complexity index is 1270. The Kier molecular flexibility index (Phi) is 4.92. The molecule has 0 aromatic heterocycles. The fraction of sp³-hybridized carbons (Fsp3) is 0. The summed E-state index contributed by atoms with van der Waals surface area (Å²) in [6, 6.07) is 0. The maximum absolute atomic E-state index is 6.82. The van der Waals surface area contributed by atoms with Crippen molar-refractivity contribution in [1.82, 2.24) is 0 Å². The van der Waals surface area contributed by atoms with Crippen LogP contribution in [0.3, 0.4) is 0 Å². The first kappa shape index (κ1) is 22.1. The first-order valence-electron chi connectivity index (χ1n) is 11.4. The summed E-state index contributed by atoms with van der Waals surface area (Å²) in [7, 11) is 21.8. The predicted octanol–water partition coefficient (Wildman–Crippen LogP) is -14.3. The van der Waals surface area contributed by atoms with Gasteiger partial charge in [0.2, 0.25) is 0 Å². The van der Waals surface area contributed by atoms with Gasteiger partial charge in [0.15, 0.2) is 0 Å². The Morgan fingerprint density at radius 1 is 0.406 bits per heavy atom. The molecular weight excluding hydrogens is 403 g/mol. The molecule has 32 heavy (non-hydrogen) atoms. The van der Waals surface area contributed by atoms with Crippen LogP contribution in [0.15, 0.2) is 0 Å². The highest BCUT2D eigenvalue weighted by molar-refractivity contribution is 7.03. The zero-order valence-corrected chi connectivity index (χ0v) is 21.5. The van der Waals surface area contributed by atoms with Crippen LogP contribution in [-0.4, -0.2) is 85.2 Å². The molecule has 2 heterocycles. The second-order valence-corrected chi connectivity index (χ2v) is 10.1. The zero-order chi connectivity index (χ0) is 23.4. The highest BCUT2D eigenvalue weighted by atomic mass is 35.5. The molecular formula is C18H20B11ClO2. The summed E-state index contributed by atoms with van der Waals surface area (Å²) in [6.45, 7) is 0.0677. The fourth-order valence-electron chi connectivity index (χ4n) is 5.72. The topological polar surface area (TPSA) is 18.5 Å². The molecule has 0 spiro atoms. The Balaban J connectivity index is 2.03. The van der Waals surface area contributed by atoms with Gasteiger partial charge in [0, 0.05) is 10.5 Å². The number of halogens is 1. The molecule has 0 bridgehead atoms. The minimum atomic E-state index is 0.0677. The normalized spacial score (nSPS) is 13.0. The van der Waals surface area contributed by atoms with Gasteiger partial charge in [-0.3, -0.25) is 0 Å². The van der Waals surface area contributed by atoms with E-state index in [1.165, 1.54) is 54.6 Å². The van der Waals surface area contributed by atoms with E-state index in [4.69, 9.17) is 21.1 Å². The SMILES string of the molecule is Bc1c(B)c(B)c2c(c1B)Oc1c(B)c(Cl)c(B)c3c1B2c1c(B)c(B)c(B)c(B)c1O3. The molecule has 3 aromatic rings. The summed E-state index contributed by atoms with van der Waals surface area (Å²) in [5, 5.41) is 0.723. The summed E-state index contributed by atoms with van der Waals surface area (Å²) in [6.07, 6.45) is 0. The largest absolute Gasteiger partial charge is 0.459 e. The lowest BCUT2D eigenvalue weighted by molar-refractivity contribution is 0.474. The van der Waals surface area contributed by atoms with Crippen molar-refractivity contribution in [2.24, 2.45) is 0 Å². The number of benzene rings is 3. The van der Waals surface area contributed by atoms with Gasteiger partial charge in [-0.25, -0.2) is 0 Å². The molecule has 5 rings (SSSR count). The molecule has 0 saturated heterocycles. The number of hydrogen-bond acceptors (Lipinski definition) is 2. The van der Waals surface area contributed by atoms with Crippen molar-refractivity contribution in [2.45, 2.75) is 0 Å². The molecule has 0 saturated carbocycles. The summed E-state index contributed by atoms with van der Waals surface area (Å²) in [4.78, 5) is 0. The number of rotatable bonds is 0. The molecule has 0 N–H and O–H groups in total. The highest BCUT2D eigenvalue weighted by Crippen LogP contribution is 2.31. The summed E-state index contributed by atoms with van der Waals surface area (Å²) in [5.41, 5.74) is 15.9. The quantitative estimate of drug-likeness (QED) is 0.231. The van der Waals surface area contributed by atoms with Gasteiger partial charge in [-0.15, -0.1) is 10.9 Å². The first-order chi connectivity index (χ1) is 15.0. The van der Waals surface area contributed by atoms with Gasteiger partial charge in [-0.05, 0) is 21.9 Å². The lowest BCUT2D eigenvalue weighted by Gasteiger charge is -2.40. The van der Waals surface area contributed by atoms with Crippen LogP contribution in [0.5, 0.6) is 23.0 Å². The molecule has 3 aromatic carbocycles. The van der Waals surface area contributed by atoms with Crippen LogP contribution in [0.2, 0.25) is 5.02 Å². The Labute approximate surface area is 204 Å². The van der Waals surface area contributed by atoms with Gasteiger partial charge in [-0.1, -0.05) is 44.4 Å². The minimum Gasteiger partial charge on any atom is -0.459 e. The third kappa shape index (κ3) is 2.58. The molecule has 0 amide bonds. The lowest BCUT2D eigenvalue weighted by Crippen LogP contribution is -2.73. The van der Waals surface area contributed by atoms with Gasteiger partial charge >= 0.3 is 0 Å². The highest BCUT2D eigenvalue weighted by Gasteiger charge is 2.45. The molecule has 2 nitrogen and oxygen atoms in total. The van der Waals surface area contributed by atoms with Gasteiger partial charge in [-0.2, -0.15) is 0 Å². The number of ether oxygens (including phenoxy) is 2. The Morgan fingerprint density at radius 3 is 1.09 bits per heavy atom. The maximum atomic E-state index is 6.82. The van der Waals surface area contributed by atoms with Crippen molar-refractivity contribution in [3.05, 3.63) is 5.02 Å². The van der Waals surface area contributed by atoms with E-state index in [1.54, 1.807) is 0 Å². The van der Waals surface area contributed by atoms with E-state index >= 15 is 0 Å². The van der Waals surface area contributed by atoms with Crippen molar-refractivity contribution in [3.8, 4) is 23.0 Å². The summed E-state index contributed by atoms with van der Waals surface area (Å²) < 4.78 is 13.4. The standard InChI is InChI=1S/C18H20B11ClO2/c19-1-3(21)7(25)15-11(5(1)23)29-12-6(24)2(20)4(22)8(26)16(12)32-18-10(28)14(30)9(27)17(31-15)13(18)29/h19-28H2. The monoisotopic (exact) mass is 424 g/mol. The van der Waals surface area contributed by atoms with Gasteiger partial charge < -0.3 is 9.47 Å². The molecule has 0 radical (unpaired) electrons. The maximum Gasteiger partial charge on any atom is 0.259 e. The zero-order valence-electron chi connectivity index (χ0n) is 20.8. The molecule has 0 unspecified atom stereocenters. The summed E-state index contributed by atoms with van der Waals surface area (Å²) >= 11 is 6.82. The average Bonchev–Trinajstić information content (AvgIpc) is 2.79. The van der Waals surface area contributed by atoms with Gasteiger partial charge in [0.25, 0.3) is 6.71 Å². The Morgan fingerprint density at radius 2 is 0.719 bits per heavy atom. The van der Waals surface area contributed by atoms with Crippen LogP contribution in [-0.2, 0) is 0 Å². The van der Waals surface area contributed by atoms with E-state index in [2.05, 4.69) is 78.5 Å². The van der Waals surface area contributed by atoms with E-state index in [0.717, 1.165) is 44.4 Å². The van der Waals surface area contributed by atoms with Gasteiger partial charge in [0.1, 0.15) is 101 Å². The van der Waals surface area contributed by atoms with E-state index in [9.17, 15) is 0 Å². The van der Waals surface area contributed by atoms with Crippen molar-refractivity contribution in [3.63, 3.8) is 0 Å². The molecule has 0 fully saturated rings. The van der Waals surface area contributed by atoms with Crippen LogP contribution >= 0.6 is 11.6 Å². The fourth-order valence-corrected chi connectivity index (χ4v) is 5.89.